The molecule has 0 unspecified atom stereocenters. The van der Waals surface area contributed by atoms with Gasteiger partial charge >= 0.3 is 0 Å². The molecule has 0 spiro atoms. The van der Waals surface area contributed by atoms with E-state index in [1.54, 1.807) is 6.07 Å². The molecule has 0 aromatic heterocycles. The number of anilines is 1. The van der Waals surface area contributed by atoms with Crippen molar-refractivity contribution in [3.8, 4) is 5.75 Å². The maximum absolute atomic E-state index is 13.3. The maximum Gasteiger partial charge on any atom is 0.125 e. The van der Waals surface area contributed by atoms with Gasteiger partial charge in [-0.25, -0.2) is 8.78 Å². The quantitative estimate of drug-likeness (QED) is 0.897. The van der Waals surface area contributed by atoms with Crippen LogP contribution in [0.3, 0.4) is 0 Å². The summed E-state index contributed by atoms with van der Waals surface area (Å²) in [5.41, 5.74) is 2.41. The molecule has 0 radical (unpaired) electrons. The average molecular weight is 261 g/mol. The van der Waals surface area contributed by atoms with E-state index in [1.807, 2.05) is 4.90 Å². The molecule has 98 valence electrons. The molecule has 0 amide bonds. The molecule has 1 heterocycles. The number of phenols is 1. The van der Waals surface area contributed by atoms with E-state index in [0.29, 0.717) is 12.1 Å². The molecule has 2 aromatic carbocycles. The number of nitrogens with zero attached hydrogens (tertiary/aromatic N) is 1. The van der Waals surface area contributed by atoms with Gasteiger partial charge in [0, 0.05) is 24.3 Å². The van der Waals surface area contributed by atoms with Crippen molar-refractivity contribution in [3.05, 3.63) is 59.2 Å². The fourth-order valence-corrected chi connectivity index (χ4v) is 2.47. The summed E-state index contributed by atoms with van der Waals surface area (Å²) in [7, 11) is 0. The first-order valence-corrected chi connectivity index (χ1v) is 6.14. The normalized spacial score (nSPS) is 13.7. The zero-order valence-electron chi connectivity index (χ0n) is 10.2. The molecule has 0 bridgehead atoms. The molecular formula is C15H13F2NO. The summed E-state index contributed by atoms with van der Waals surface area (Å²) in [5, 5.41) is 9.73. The first-order chi connectivity index (χ1) is 9.13. The van der Waals surface area contributed by atoms with Gasteiger partial charge in [-0.3, -0.25) is 0 Å². The topological polar surface area (TPSA) is 23.5 Å². The Hall–Kier alpha value is -2.10. The summed E-state index contributed by atoms with van der Waals surface area (Å²) in [5.74, 6) is -0.605. The van der Waals surface area contributed by atoms with Crippen LogP contribution in [0, 0.1) is 11.6 Å². The Morgan fingerprint density at radius 2 is 1.79 bits per heavy atom. The van der Waals surface area contributed by atoms with Crippen molar-refractivity contribution in [1.82, 2.24) is 0 Å². The summed E-state index contributed by atoms with van der Waals surface area (Å²) in [4.78, 5) is 1.95. The van der Waals surface area contributed by atoms with Crippen LogP contribution in [0.25, 0.3) is 0 Å². The van der Waals surface area contributed by atoms with Crippen LogP contribution in [0.4, 0.5) is 14.5 Å². The van der Waals surface area contributed by atoms with Gasteiger partial charge in [0.05, 0.1) is 0 Å². The molecule has 0 saturated carbocycles. The van der Waals surface area contributed by atoms with E-state index < -0.39 is 0 Å². The highest BCUT2D eigenvalue weighted by Gasteiger charge is 2.20. The Labute approximate surface area is 109 Å². The minimum Gasteiger partial charge on any atom is -0.508 e. The Morgan fingerprint density at radius 3 is 2.63 bits per heavy atom. The van der Waals surface area contributed by atoms with Crippen molar-refractivity contribution in [1.29, 1.82) is 0 Å². The number of phenolic OH excluding ortho intramolecular Hbond substituents is 1. The summed E-state index contributed by atoms with van der Waals surface area (Å²) >= 11 is 0. The van der Waals surface area contributed by atoms with Gasteiger partial charge in [0.1, 0.15) is 17.4 Å². The second-order valence-electron chi connectivity index (χ2n) is 4.72. The molecule has 1 aliphatic heterocycles. The first-order valence-electron chi connectivity index (χ1n) is 6.14. The van der Waals surface area contributed by atoms with E-state index in [2.05, 4.69) is 0 Å². The summed E-state index contributed by atoms with van der Waals surface area (Å²) in [6.07, 6.45) is 0.839. The van der Waals surface area contributed by atoms with Gasteiger partial charge in [-0.05, 0) is 42.3 Å². The maximum atomic E-state index is 13.3. The van der Waals surface area contributed by atoms with E-state index in [-0.39, 0.29) is 17.4 Å². The molecule has 2 aromatic rings. The van der Waals surface area contributed by atoms with E-state index in [1.165, 1.54) is 30.3 Å². The van der Waals surface area contributed by atoms with Gasteiger partial charge in [0.2, 0.25) is 0 Å². The van der Waals surface area contributed by atoms with Crippen LogP contribution >= 0.6 is 0 Å². The lowest BCUT2D eigenvalue weighted by molar-refractivity contribution is 0.464. The van der Waals surface area contributed by atoms with Crippen molar-refractivity contribution in [2.45, 2.75) is 13.0 Å². The van der Waals surface area contributed by atoms with Crippen LogP contribution in [0.2, 0.25) is 0 Å². The van der Waals surface area contributed by atoms with E-state index in [9.17, 15) is 13.9 Å². The van der Waals surface area contributed by atoms with Crippen molar-refractivity contribution in [2.24, 2.45) is 0 Å². The number of hydrogen-bond acceptors (Lipinski definition) is 2. The number of rotatable bonds is 2. The number of hydrogen-bond donors (Lipinski definition) is 1. The smallest absolute Gasteiger partial charge is 0.125 e. The second kappa shape index (κ2) is 4.53. The van der Waals surface area contributed by atoms with Crippen LogP contribution in [-0.4, -0.2) is 11.7 Å². The molecule has 0 fully saturated rings. The second-order valence-corrected chi connectivity index (χ2v) is 4.72. The zero-order chi connectivity index (χ0) is 13.4. The van der Waals surface area contributed by atoms with Crippen molar-refractivity contribution in [2.75, 3.05) is 11.4 Å². The summed E-state index contributed by atoms with van der Waals surface area (Å²) in [6, 6.07) is 8.58. The highest BCUT2D eigenvalue weighted by atomic mass is 19.1. The van der Waals surface area contributed by atoms with Gasteiger partial charge in [-0.1, -0.05) is 6.07 Å². The lowest BCUT2D eigenvalue weighted by Crippen LogP contribution is -2.19. The largest absolute Gasteiger partial charge is 0.508 e. The van der Waals surface area contributed by atoms with Crippen LogP contribution in [-0.2, 0) is 13.0 Å². The lowest BCUT2D eigenvalue weighted by atomic mass is 10.1. The average Bonchev–Trinajstić information content (AvgIpc) is 2.77. The van der Waals surface area contributed by atoms with E-state index in [0.717, 1.165) is 24.2 Å². The third kappa shape index (κ3) is 2.26. The number of aromatic hydroxyl groups is 1. The highest BCUT2D eigenvalue weighted by Crippen LogP contribution is 2.31. The van der Waals surface area contributed by atoms with Gasteiger partial charge in [-0.2, -0.15) is 0 Å². The number of benzene rings is 2. The summed E-state index contributed by atoms with van der Waals surface area (Å²) in [6.45, 7) is 1.12. The predicted molar refractivity (Wildman–Crippen MR) is 69.2 cm³/mol. The van der Waals surface area contributed by atoms with E-state index >= 15 is 0 Å². The molecule has 0 aliphatic carbocycles. The minimum atomic E-state index is -0.383. The number of halogens is 2. The van der Waals surface area contributed by atoms with Gasteiger partial charge < -0.3 is 10.0 Å². The predicted octanol–water partition coefficient (Wildman–Crippen LogP) is 3.23. The van der Waals surface area contributed by atoms with E-state index in [4.69, 9.17) is 0 Å². The molecule has 3 rings (SSSR count). The van der Waals surface area contributed by atoms with Crippen molar-refractivity contribution >= 4 is 5.69 Å². The molecule has 4 heteroatoms. The van der Waals surface area contributed by atoms with Crippen LogP contribution in [0.1, 0.15) is 11.1 Å². The third-order valence-electron chi connectivity index (χ3n) is 3.44. The molecular weight excluding hydrogens is 248 g/mol. The monoisotopic (exact) mass is 261 g/mol. The highest BCUT2D eigenvalue weighted by molar-refractivity contribution is 5.58. The SMILES string of the molecule is Oc1ccc(F)cc1CN1CCc2ccc(F)cc21. The van der Waals surface area contributed by atoms with Crippen molar-refractivity contribution < 1.29 is 13.9 Å². The first kappa shape index (κ1) is 12.0. The molecule has 19 heavy (non-hydrogen) atoms. The van der Waals surface area contributed by atoms with Gasteiger partial charge in [0.15, 0.2) is 0 Å². The molecule has 2 nitrogen and oxygen atoms in total. The fourth-order valence-electron chi connectivity index (χ4n) is 2.47. The van der Waals surface area contributed by atoms with Gasteiger partial charge in [0.25, 0.3) is 0 Å². The minimum absolute atomic E-state index is 0.0613. The Balaban J connectivity index is 1.90. The Kier molecular flexibility index (Phi) is 2.85. The van der Waals surface area contributed by atoms with Crippen LogP contribution in [0.5, 0.6) is 5.75 Å². The summed E-state index contributed by atoms with van der Waals surface area (Å²) < 4.78 is 26.5. The number of fused-ring (bicyclic) bond motifs is 1. The third-order valence-corrected chi connectivity index (χ3v) is 3.44. The fraction of sp³-hybridized carbons (Fsp3) is 0.200. The molecule has 1 N–H and O–H groups in total. The molecule has 0 atom stereocenters. The van der Waals surface area contributed by atoms with Gasteiger partial charge in [-0.15, -0.1) is 0 Å². The van der Waals surface area contributed by atoms with Crippen molar-refractivity contribution in [3.63, 3.8) is 0 Å². The molecule has 0 saturated heterocycles. The van der Waals surface area contributed by atoms with Crippen LogP contribution in [0.15, 0.2) is 36.4 Å². The Morgan fingerprint density at radius 1 is 1.05 bits per heavy atom. The standard InChI is InChI=1S/C15H13F2NO/c16-12-3-4-15(19)11(7-12)9-18-6-5-10-1-2-13(17)8-14(10)18/h1-4,7-8,19H,5-6,9H2. The Bertz CT molecular complexity index is 628. The molecule has 1 aliphatic rings. The van der Waals surface area contributed by atoms with Crippen LogP contribution < -0.4 is 4.90 Å². The zero-order valence-corrected chi connectivity index (χ0v) is 10.2. The lowest BCUT2D eigenvalue weighted by Gasteiger charge is -2.20.